The van der Waals surface area contributed by atoms with Crippen LogP contribution in [0.2, 0.25) is 0 Å². The first-order valence-electron chi connectivity index (χ1n) is 10.0. The molecule has 2 aromatic heterocycles. The number of ether oxygens (including phenoxy) is 1. The van der Waals surface area contributed by atoms with Crippen LogP contribution in [-0.4, -0.2) is 39.1 Å². The highest BCUT2D eigenvalue weighted by Gasteiger charge is 2.28. The van der Waals surface area contributed by atoms with Crippen LogP contribution in [0.3, 0.4) is 0 Å². The van der Waals surface area contributed by atoms with Crippen molar-refractivity contribution in [2.45, 2.75) is 45.7 Å². The summed E-state index contributed by atoms with van der Waals surface area (Å²) in [6.45, 7) is 9.07. The molecule has 4 rings (SSSR count). The number of nitrogens with zero attached hydrogens (tertiary/aromatic N) is 4. The van der Waals surface area contributed by atoms with E-state index >= 15 is 0 Å². The summed E-state index contributed by atoms with van der Waals surface area (Å²) < 4.78 is 7.87. The van der Waals surface area contributed by atoms with Gasteiger partial charge < -0.3 is 9.30 Å². The van der Waals surface area contributed by atoms with E-state index in [0.29, 0.717) is 12.5 Å². The SMILES string of the molecule is CCCn1c(C2CCN(Cc3ccc(OCC)cc3)C2)nc2cccnc21. The van der Waals surface area contributed by atoms with Crippen molar-refractivity contribution in [1.82, 2.24) is 19.4 Å². The summed E-state index contributed by atoms with van der Waals surface area (Å²) in [6, 6.07) is 12.5. The molecule has 0 amide bonds. The van der Waals surface area contributed by atoms with Crippen LogP contribution in [0, 0.1) is 0 Å². The summed E-state index contributed by atoms with van der Waals surface area (Å²) in [6.07, 6.45) is 4.12. The Balaban J connectivity index is 1.48. The molecule has 5 heteroatoms. The minimum atomic E-state index is 0.480. The zero-order valence-corrected chi connectivity index (χ0v) is 16.3. The van der Waals surface area contributed by atoms with Gasteiger partial charge in [0.05, 0.1) is 6.61 Å². The Morgan fingerprint density at radius 3 is 2.78 bits per heavy atom. The van der Waals surface area contributed by atoms with Gasteiger partial charge in [0.2, 0.25) is 0 Å². The van der Waals surface area contributed by atoms with Gasteiger partial charge in [-0.1, -0.05) is 19.1 Å². The molecule has 0 saturated carbocycles. The first kappa shape index (κ1) is 18.0. The van der Waals surface area contributed by atoms with Crippen LogP contribution in [0.1, 0.15) is 44.0 Å². The molecular weight excluding hydrogens is 336 g/mol. The van der Waals surface area contributed by atoms with Crippen LogP contribution >= 0.6 is 0 Å². The second kappa shape index (κ2) is 8.09. The maximum absolute atomic E-state index is 5.54. The first-order chi connectivity index (χ1) is 13.3. The van der Waals surface area contributed by atoms with Gasteiger partial charge in [0.15, 0.2) is 5.65 Å². The summed E-state index contributed by atoms with van der Waals surface area (Å²) in [4.78, 5) is 12.1. The van der Waals surface area contributed by atoms with E-state index in [0.717, 1.165) is 55.9 Å². The number of hydrogen-bond acceptors (Lipinski definition) is 4. The molecule has 1 aromatic carbocycles. The number of likely N-dealkylation sites (tertiary alicyclic amines) is 1. The largest absolute Gasteiger partial charge is 0.494 e. The van der Waals surface area contributed by atoms with Crippen LogP contribution in [-0.2, 0) is 13.1 Å². The topological polar surface area (TPSA) is 43.2 Å². The number of pyridine rings is 1. The van der Waals surface area contributed by atoms with E-state index in [1.54, 1.807) is 0 Å². The Kier molecular flexibility index (Phi) is 5.39. The lowest BCUT2D eigenvalue weighted by Crippen LogP contribution is -2.20. The molecule has 1 atom stereocenters. The fourth-order valence-electron chi connectivity index (χ4n) is 4.03. The van der Waals surface area contributed by atoms with Crippen LogP contribution in [0.4, 0.5) is 0 Å². The van der Waals surface area contributed by atoms with E-state index in [1.807, 2.05) is 19.2 Å². The predicted octanol–water partition coefficient (Wildman–Crippen LogP) is 4.23. The second-order valence-electron chi connectivity index (χ2n) is 7.27. The monoisotopic (exact) mass is 364 g/mol. The van der Waals surface area contributed by atoms with Crippen molar-refractivity contribution in [3.8, 4) is 5.75 Å². The van der Waals surface area contributed by atoms with Gasteiger partial charge in [0.1, 0.15) is 17.1 Å². The van der Waals surface area contributed by atoms with Crippen molar-refractivity contribution in [1.29, 1.82) is 0 Å². The fraction of sp³-hybridized carbons (Fsp3) is 0.455. The molecule has 1 unspecified atom stereocenters. The normalized spacial score (nSPS) is 17.6. The van der Waals surface area contributed by atoms with Gasteiger partial charge in [-0.2, -0.15) is 0 Å². The third-order valence-electron chi connectivity index (χ3n) is 5.26. The van der Waals surface area contributed by atoms with Crippen LogP contribution in [0.15, 0.2) is 42.6 Å². The molecule has 1 fully saturated rings. The lowest BCUT2D eigenvalue weighted by atomic mass is 10.1. The van der Waals surface area contributed by atoms with Gasteiger partial charge in [0.25, 0.3) is 0 Å². The van der Waals surface area contributed by atoms with Gasteiger partial charge in [-0.05, 0) is 56.1 Å². The highest BCUT2D eigenvalue weighted by molar-refractivity contribution is 5.71. The molecule has 1 aliphatic heterocycles. The van der Waals surface area contributed by atoms with Gasteiger partial charge in [-0.3, -0.25) is 4.90 Å². The van der Waals surface area contributed by atoms with Crippen LogP contribution in [0.5, 0.6) is 5.75 Å². The van der Waals surface area contributed by atoms with Crippen molar-refractivity contribution < 1.29 is 4.74 Å². The smallest absolute Gasteiger partial charge is 0.159 e. The average Bonchev–Trinajstić information content (AvgIpc) is 3.29. The highest BCUT2D eigenvalue weighted by Crippen LogP contribution is 2.30. The minimum Gasteiger partial charge on any atom is -0.494 e. The molecule has 1 saturated heterocycles. The molecule has 27 heavy (non-hydrogen) atoms. The zero-order chi connectivity index (χ0) is 18.6. The molecule has 0 radical (unpaired) electrons. The first-order valence-corrected chi connectivity index (χ1v) is 10.0. The third-order valence-corrected chi connectivity index (χ3v) is 5.26. The van der Waals surface area contributed by atoms with Crippen LogP contribution in [0.25, 0.3) is 11.2 Å². The van der Waals surface area contributed by atoms with Crippen LogP contribution < -0.4 is 4.74 Å². The number of aromatic nitrogens is 3. The summed E-state index contributed by atoms with van der Waals surface area (Å²) in [7, 11) is 0. The summed E-state index contributed by atoms with van der Waals surface area (Å²) in [5.41, 5.74) is 3.38. The van der Waals surface area contributed by atoms with E-state index in [2.05, 4.69) is 51.7 Å². The van der Waals surface area contributed by atoms with Gasteiger partial charge >= 0.3 is 0 Å². The molecule has 1 aliphatic rings. The van der Waals surface area contributed by atoms with Crippen molar-refractivity contribution in [2.24, 2.45) is 0 Å². The molecule has 0 N–H and O–H groups in total. The number of benzene rings is 1. The molecule has 5 nitrogen and oxygen atoms in total. The Bertz CT molecular complexity index is 887. The molecule has 3 aromatic rings. The Hall–Kier alpha value is -2.40. The van der Waals surface area contributed by atoms with Gasteiger partial charge in [0, 0.05) is 31.7 Å². The number of imidazole rings is 1. The average molecular weight is 364 g/mol. The van der Waals surface area contributed by atoms with E-state index < -0.39 is 0 Å². The second-order valence-corrected chi connectivity index (χ2v) is 7.27. The van der Waals surface area contributed by atoms with Crippen molar-refractivity contribution in [3.63, 3.8) is 0 Å². The lowest BCUT2D eigenvalue weighted by molar-refractivity contribution is 0.323. The predicted molar refractivity (Wildman–Crippen MR) is 108 cm³/mol. The Morgan fingerprint density at radius 1 is 1.15 bits per heavy atom. The van der Waals surface area contributed by atoms with Crippen molar-refractivity contribution >= 4 is 11.2 Å². The van der Waals surface area contributed by atoms with E-state index in [9.17, 15) is 0 Å². The summed E-state index contributed by atoms with van der Waals surface area (Å²) in [5.74, 6) is 2.63. The summed E-state index contributed by atoms with van der Waals surface area (Å²) in [5, 5.41) is 0. The Morgan fingerprint density at radius 2 is 2.00 bits per heavy atom. The van der Waals surface area contributed by atoms with E-state index in [1.165, 1.54) is 11.4 Å². The maximum atomic E-state index is 5.54. The molecular formula is C22H28N4O. The maximum Gasteiger partial charge on any atom is 0.159 e. The van der Waals surface area contributed by atoms with E-state index in [-0.39, 0.29) is 0 Å². The highest BCUT2D eigenvalue weighted by atomic mass is 16.5. The summed E-state index contributed by atoms with van der Waals surface area (Å²) >= 11 is 0. The van der Waals surface area contributed by atoms with Crippen molar-refractivity contribution in [3.05, 3.63) is 54.0 Å². The lowest BCUT2D eigenvalue weighted by Gasteiger charge is -2.17. The Labute approximate surface area is 161 Å². The molecule has 3 heterocycles. The zero-order valence-electron chi connectivity index (χ0n) is 16.3. The number of hydrogen-bond donors (Lipinski definition) is 0. The minimum absolute atomic E-state index is 0.480. The number of rotatable bonds is 7. The molecule has 0 bridgehead atoms. The van der Waals surface area contributed by atoms with Gasteiger partial charge in [-0.25, -0.2) is 9.97 Å². The van der Waals surface area contributed by atoms with Crippen molar-refractivity contribution in [2.75, 3.05) is 19.7 Å². The molecule has 142 valence electrons. The molecule has 0 spiro atoms. The third kappa shape index (κ3) is 3.83. The van der Waals surface area contributed by atoms with E-state index in [4.69, 9.17) is 9.72 Å². The quantitative estimate of drug-likeness (QED) is 0.629. The molecule has 0 aliphatic carbocycles. The fourth-order valence-corrected chi connectivity index (χ4v) is 4.03. The standard InChI is InChI=1S/C22H28N4O/c1-3-13-26-21(24-20-6-5-12-23-22(20)26)18-11-14-25(16-18)15-17-7-9-19(10-8-17)27-4-2/h5-10,12,18H,3-4,11,13-16H2,1-2H3. The number of fused-ring (bicyclic) bond motifs is 1. The van der Waals surface area contributed by atoms with Gasteiger partial charge in [-0.15, -0.1) is 0 Å². The number of aryl methyl sites for hydroxylation is 1.